The fraction of sp³-hybridized carbons (Fsp3) is 0.500. The highest BCUT2D eigenvalue weighted by atomic mass is 127. The summed E-state index contributed by atoms with van der Waals surface area (Å²) in [7, 11) is 1.83. The van der Waals surface area contributed by atoms with E-state index in [0.717, 1.165) is 5.56 Å². The molecule has 0 aliphatic carbocycles. The highest BCUT2D eigenvalue weighted by molar-refractivity contribution is 14.0. The number of rotatable bonds is 5. The third-order valence-electron chi connectivity index (χ3n) is 3.06. The molecule has 2 N–H and O–H groups in total. The minimum Gasteiger partial charge on any atom is -0.357 e. The molecule has 138 valence electrons. The summed E-state index contributed by atoms with van der Waals surface area (Å²) in [6, 6.07) is 9.48. The summed E-state index contributed by atoms with van der Waals surface area (Å²) in [5.74, 6) is 0.603. The fourth-order valence-corrected chi connectivity index (χ4v) is 2.12. The first-order chi connectivity index (χ1) is 11.2. The van der Waals surface area contributed by atoms with E-state index < -0.39 is 0 Å². The van der Waals surface area contributed by atoms with Gasteiger partial charge in [0.15, 0.2) is 5.96 Å². The van der Waals surface area contributed by atoms with E-state index in [-0.39, 0.29) is 42.0 Å². The molecule has 0 spiro atoms. The smallest absolute Gasteiger partial charge is 0.240 e. The average molecular weight is 457 g/mol. The monoisotopic (exact) mass is 457 g/mol. The van der Waals surface area contributed by atoms with E-state index in [1.54, 1.807) is 11.0 Å². The van der Waals surface area contributed by atoms with Crippen LogP contribution in [0.1, 0.15) is 38.8 Å². The number of hydrogen-bond donors (Lipinski definition) is 2. The number of hydrogen-bond acceptors (Lipinski definition) is 3. The first kappa shape index (κ1) is 23.2. The molecule has 6 nitrogen and oxygen atoms in total. The van der Waals surface area contributed by atoms with Crippen LogP contribution in [-0.4, -0.2) is 42.4 Å². The van der Waals surface area contributed by atoms with Crippen molar-refractivity contribution >= 4 is 35.8 Å². The second-order valence-electron chi connectivity index (χ2n) is 6.64. The Kier molecular flexibility index (Phi) is 10.1. The van der Waals surface area contributed by atoms with Crippen molar-refractivity contribution in [1.82, 2.24) is 15.5 Å². The molecule has 0 saturated carbocycles. The molecule has 0 bridgehead atoms. The number of nitriles is 1. The Bertz CT molecular complexity index is 631. The molecular weight excluding hydrogens is 429 g/mol. The first-order valence-corrected chi connectivity index (χ1v) is 8.04. The van der Waals surface area contributed by atoms with E-state index in [9.17, 15) is 4.79 Å². The van der Waals surface area contributed by atoms with Crippen molar-refractivity contribution in [3.63, 3.8) is 0 Å². The van der Waals surface area contributed by atoms with Crippen LogP contribution in [-0.2, 0) is 11.3 Å². The average Bonchev–Trinajstić information content (AvgIpc) is 2.49. The summed E-state index contributed by atoms with van der Waals surface area (Å²) in [4.78, 5) is 18.4. The number of nitrogens with one attached hydrogen (secondary N) is 2. The van der Waals surface area contributed by atoms with Crippen LogP contribution in [0.5, 0.6) is 0 Å². The molecule has 1 rings (SSSR count). The van der Waals surface area contributed by atoms with Gasteiger partial charge < -0.3 is 15.5 Å². The predicted octanol–water partition coefficient (Wildman–Crippen LogP) is 2.49. The third-order valence-corrected chi connectivity index (χ3v) is 3.06. The fourth-order valence-electron chi connectivity index (χ4n) is 2.12. The largest absolute Gasteiger partial charge is 0.357 e. The van der Waals surface area contributed by atoms with Crippen LogP contribution in [0.4, 0.5) is 0 Å². The molecule has 0 atom stereocenters. The lowest BCUT2D eigenvalue weighted by atomic mass is 10.1. The normalized spacial score (nSPS) is 11.1. The van der Waals surface area contributed by atoms with Crippen molar-refractivity contribution in [3.8, 4) is 6.07 Å². The van der Waals surface area contributed by atoms with E-state index in [2.05, 4.69) is 21.7 Å². The summed E-state index contributed by atoms with van der Waals surface area (Å²) in [6.07, 6.45) is 0. The Morgan fingerprint density at radius 1 is 1.36 bits per heavy atom. The summed E-state index contributed by atoms with van der Waals surface area (Å²) < 4.78 is 0. The maximum absolute atomic E-state index is 12.1. The maximum atomic E-state index is 12.1. The lowest BCUT2D eigenvalue weighted by molar-refractivity contribution is -0.122. The van der Waals surface area contributed by atoms with Crippen LogP contribution in [0.25, 0.3) is 0 Å². The van der Waals surface area contributed by atoms with Crippen molar-refractivity contribution in [2.45, 2.75) is 39.8 Å². The van der Waals surface area contributed by atoms with E-state index in [1.807, 2.05) is 52.9 Å². The lowest BCUT2D eigenvalue weighted by Crippen LogP contribution is -2.48. The minimum absolute atomic E-state index is 0. The predicted molar refractivity (Wildman–Crippen MR) is 112 cm³/mol. The highest BCUT2D eigenvalue weighted by Gasteiger charge is 2.16. The quantitative estimate of drug-likeness (QED) is 0.405. The van der Waals surface area contributed by atoms with Gasteiger partial charge in [0.25, 0.3) is 0 Å². The standard InChI is InChI=1S/C18H27N5O.HI/c1-6-20-17(23(5)13-16(24)22-18(2,3)4)21-12-15-9-7-8-14(10-15)11-19;/h7-10H,6,12-13H2,1-5H3,(H,20,21)(H,22,24);1H. The van der Waals surface area contributed by atoms with Gasteiger partial charge in [-0.25, -0.2) is 4.99 Å². The maximum Gasteiger partial charge on any atom is 0.240 e. The van der Waals surface area contributed by atoms with Gasteiger partial charge in [-0.15, -0.1) is 24.0 Å². The zero-order valence-corrected chi connectivity index (χ0v) is 17.9. The summed E-state index contributed by atoms with van der Waals surface area (Å²) in [5, 5.41) is 15.1. The molecule has 0 radical (unpaired) electrons. The van der Waals surface area contributed by atoms with Crippen molar-refractivity contribution in [2.75, 3.05) is 20.1 Å². The van der Waals surface area contributed by atoms with Crippen LogP contribution < -0.4 is 10.6 Å². The molecule has 0 fully saturated rings. The molecule has 0 aliphatic heterocycles. The molecule has 1 aromatic carbocycles. The Labute approximate surface area is 167 Å². The summed E-state index contributed by atoms with van der Waals surface area (Å²) >= 11 is 0. The first-order valence-electron chi connectivity index (χ1n) is 8.04. The number of carbonyl (C=O) groups excluding carboxylic acids is 1. The van der Waals surface area contributed by atoms with Gasteiger partial charge in [-0.2, -0.15) is 5.26 Å². The van der Waals surface area contributed by atoms with Crippen molar-refractivity contribution in [3.05, 3.63) is 35.4 Å². The number of amides is 1. The van der Waals surface area contributed by atoms with Gasteiger partial charge in [0.1, 0.15) is 0 Å². The highest BCUT2D eigenvalue weighted by Crippen LogP contribution is 2.06. The second-order valence-corrected chi connectivity index (χ2v) is 6.64. The van der Waals surface area contributed by atoms with Gasteiger partial charge in [-0.1, -0.05) is 12.1 Å². The Balaban J connectivity index is 0.00000576. The molecular formula is C18H28IN5O. The van der Waals surface area contributed by atoms with Crippen molar-refractivity contribution in [1.29, 1.82) is 5.26 Å². The number of carbonyl (C=O) groups is 1. The van der Waals surface area contributed by atoms with Gasteiger partial charge >= 0.3 is 0 Å². The Morgan fingerprint density at radius 3 is 2.60 bits per heavy atom. The van der Waals surface area contributed by atoms with E-state index >= 15 is 0 Å². The third kappa shape index (κ3) is 9.29. The molecule has 7 heteroatoms. The van der Waals surface area contributed by atoms with Gasteiger partial charge in [0, 0.05) is 19.1 Å². The van der Waals surface area contributed by atoms with Crippen LogP contribution >= 0.6 is 24.0 Å². The molecule has 0 heterocycles. The van der Waals surface area contributed by atoms with Crippen LogP contribution in [0, 0.1) is 11.3 Å². The number of halogens is 1. The van der Waals surface area contributed by atoms with Gasteiger partial charge in [-0.3, -0.25) is 4.79 Å². The zero-order valence-electron chi connectivity index (χ0n) is 15.6. The number of aliphatic imine (C=N–C) groups is 1. The molecule has 25 heavy (non-hydrogen) atoms. The van der Waals surface area contributed by atoms with Crippen LogP contribution in [0.2, 0.25) is 0 Å². The van der Waals surface area contributed by atoms with Crippen LogP contribution in [0.15, 0.2) is 29.3 Å². The summed E-state index contributed by atoms with van der Waals surface area (Å²) in [5.41, 5.74) is 1.31. The zero-order chi connectivity index (χ0) is 18.2. The second kappa shape index (κ2) is 10.9. The Morgan fingerprint density at radius 2 is 2.04 bits per heavy atom. The molecule has 1 amide bonds. The number of likely N-dealkylation sites (N-methyl/N-ethyl adjacent to an activating group) is 1. The van der Waals surface area contributed by atoms with E-state index in [0.29, 0.717) is 24.6 Å². The van der Waals surface area contributed by atoms with Crippen LogP contribution in [0.3, 0.4) is 0 Å². The Hall–Kier alpha value is -1.82. The number of guanidine groups is 1. The van der Waals surface area contributed by atoms with Gasteiger partial charge in [0.05, 0.1) is 24.7 Å². The minimum atomic E-state index is -0.259. The molecule has 0 saturated heterocycles. The van der Waals surface area contributed by atoms with Crippen molar-refractivity contribution < 1.29 is 4.79 Å². The SMILES string of the molecule is CCNC(=NCc1cccc(C#N)c1)N(C)CC(=O)NC(C)(C)C.I. The van der Waals surface area contributed by atoms with Gasteiger partial charge in [0.2, 0.25) is 5.91 Å². The summed E-state index contributed by atoms with van der Waals surface area (Å²) in [6.45, 7) is 9.22. The molecule has 0 aliphatic rings. The lowest BCUT2D eigenvalue weighted by Gasteiger charge is -2.25. The number of nitrogens with zero attached hydrogens (tertiary/aromatic N) is 3. The van der Waals surface area contributed by atoms with Gasteiger partial charge in [-0.05, 0) is 45.4 Å². The molecule has 0 unspecified atom stereocenters. The topological polar surface area (TPSA) is 80.5 Å². The molecule has 0 aromatic heterocycles. The molecule has 1 aromatic rings. The van der Waals surface area contributed by atoms with E-state index in [4.69, 9.17) is 5.26 Å². The van der Waals surface area contributed by atoms with Crippen molar-refractivity contribution in [2.24, 2.45) is 4.99 Å². The number of benzene rings is 1. The van der Waals surface area contributed by atoms with E-state index in [1.165, 1.54) is 0 Å².